The van der Waals surface area contributed by atoms with Gasteiger partial charge in [-0.05, 0) is 42.8 Å². The number of hydrogen-bond donors (Lipinski definition) is 1. The van der Waals surface area contributed by atoms with Crippen molar-refractivity contribution >= 4 is 40.7 Å². The molecule has 4 rings (SSSR count). The van der Waals surface area contributed by atoms with E-state index in [1.165, 1.54) is 0 Å². The number of thiophene rings is 1. The van der Waals surface area contributed by atoms with E-state index in [0.29, 0.717) is 17.0 Å². The summed E-state index contributed by atoms with van der Waals surface area (Å²) in [6, 6.07) is 8.01. The molecule has 3 amide bonds. The van der Waals surface area contributed by atoms with Crippen LogP contribution in [0.5, 0.6) is 0 Å². The van der Waals surface area contributed by atoms with Crippen molar-refractivity contribution in [2.45, 2.75) is 24.8 Å². The number of imide groups is 1. The number of ketones is 1. The Bertz CT molecular complexity index is 894. The number of benzene rings is 1. The Kier molecular flexibility index (Phi) is 3.89. The number of fused-ring (bicyclic) bond motifs is 2. The summed E-state index contributed by atoms with van der Waals surface area (Å²) in [5.74, 6) is -0.704. The molecule has 1 aliphatic heterocycles. The number of urea groups is 1. The fourth-order valence-corrected chi connectivity index (χ4v) is 4.84. The second-order valence-electron chi connectivity index (χ2n) is 6.24. The van der Waals surface area contributed by atoms with Crippen LogP contribution >= 0.6 is 22.9 Å². The van der Waals surface area contributed by atoms with Crippen molar-refractivity contribution in [1.82, 2.24) is 10.2 Å². The van der Waals surface area contributed by atoms with Gasteiger partial charge in [-0.1, -0.05) is 23.7 Å². The zero-order chi connectivity index (χ0) is 17.6. The molecule has 0 radical (unpaired) electrons. The minimum atomic E-state index is -1.02. The zero-order valence-electron chi connectivity index (χ0n) is 13.3. The fraction of sp³-hybridized carbons (Fsp3) is 0.278. The van der Waals surface area contributed by atoms with E-state index in [0.717, 1.165) is 28.2 Å². The van der Waals surface area contributed by atoms with Crippen LogP contribution in [0.25, 0.3) is 0 Å². The summed E-state index contributed by atoms with van der Waals surface area (Å²) in [7, 11) is 0. The van der Waals surface area contributed by atoms with Crippen molar-refractivity contribution in [3.8, 4) is 0 Å². The normalized spacial score (nSPS) is 22.2. The zero-order valence-corrected chi connectivity index (χ0v) is 14.8. The Hall–Kier alpha value is -2.18. The van der Waals surface area contributed by atoms with Crippen LogP contribution in [0, 0.1) is 0 Å². The molecule has 7 heteroatoms. The largest absolute Gasteiger partial charge is 0.325 e. The van der Waals surface area contributed by atoms with Crippen molar-refractivity contribution in [2.24, 2.45) is 0 Å². The van der Waals surface area contributed by atoms with E-state index < -0.39 is 11.6 Å². The van der Waals surface area contributed by atoms with Crippen LogP contribution in [-0.2, 0) is 16.8 Å². The first-order valence-electron chi connectivity index (χ1n) is 8.01. The summed E-state index contributed by atoms with van der Waals surface area (Å²) in [5.41, 5.74) is 0.159. The average Bonchev–Trinajstić information content (AvgIpc) is 3.16. The number of hydrogen-bond acceptors (Lipinski definition) is 4. The summed E-state index contributed by atoms with van der Waals surface area (Å²) < 4.78 is 0. The third kappa shape index (κ3) is 2.48. The molecule has 2 heterocycles. The highest BCUT2D eigenvalue weighted by Gasteiger charge is 2.54. The van der Waals surface area contributed by atoms with Gasteiger partial charge in [0.2, 0.25) is 0 Å². The molecule has 1 fully saturated rings. The molecule has 1 spiro atoms. The molecule has 1 aromatic carbocycles. The van der Waals surface area contributed by atoms with Crippen LogP contribution in [0.2, 0.25) is 5.02 Å². The van der Waals surface area contributed by atoms with E-state index in [1.54, 1.807) is 35.6 Å². The Morgan fingerprint density at radius 3 is 2.88 bits per heavy atom. The van der Waals surface area contributed by atoms with E-state index in [-0.39, 0.29) is 18.2 Å². The maximum Gasteiger partial charge on any atom is 0.325 e. The van der Waals surface area contributed by atoms with Gasteiger partial charge < -0.3 is 5.32 Å². The molecule has 1 atom stereocenters. The maximum absolute atomic E-state index is 13.1. The Labute approximate surface area is 153 Å². The van der Waals surface area contributed by atoms with E-state index in [2.05, 4.69) is 5.32 Å². The number of aryl methyl sites for hydroxylation is 1. The van der Waals surface area contributed by atoms with Gasteiger partial charge in [-0.25, -0.2) is 4.79 Å². The Morgan fingerprint density at radius 1 is 1.28 bits per heavy atom. The van der Waals surface area contributed by atoms with Gasteiger partial charge in [0.05, 0.1) is 11.6 Å². The molecule has 0 saturated carbocycles. The molecule has 0 bridgehead atoms. The standard InChI is InChI=1S/C18H15ClN2O3S/c19-13-5-2-1-4-11(13)14(22)10-21-16(23)18(20-17(21)24)8-3-6-15-12(18)7-9-25-15/h1-2,4-5,7,9H,3,6,8,10H2,(H,20,24)/t18-/m1/s1. The van der Waals surface area contributed by atoms with E-state index >= 15 is 0 Å². The van der Waals surface area contributed by atoms with Crippen LogP contribution in [0.3, 0.4) is 0 Å². The predicted octanol–water partition coefficient (Wildman–Crippen LogP) is 3.37. The average molecular weight is 375 g/mol. The molecule has 1 N–H and O–H groups in total. The quantitative estimate of drug-likeness (QED) is 0.661. The third-order valence-electron chi connectivity index (χ3n) is 4.81. The Balaban J connectivity index is 1.63. The summed E-state index contributed by atoms with van der Waals surface area (Å²) >= 11 is 7.65. The van der Waals surface area contributed by atoms with Gasteiger partial charge in [0.15, 0.2) is 5.78 Å². The summed E-state index contributed by atoms with van der Waals surface area (Å²) in [4.78, 5) is 40.2. The highest BCUT2D eigenvalue weighted by atomic mass is 35.5. The van der Waals surface area contributed by atoms with Gasteiger partial charge in [0, 0.05) is 16.0 Å². The van der Waals surface area contributed by atoms with Gasteiger partial charge in [-0.2, -0.15) is 0 Å². The highest BCUT2D eigenvalue weighted by Crippen LogP contribution is 2.42. The van der Waals surface area contributed by atoms with Gasteiger partial charge >= 0.3 is 6.03 Å². The second kappa shape index (κ2) is 5.97. The molecule has 25 heavy (non-hydrogen) atoms. The van der Waals surface area contributed by atoms with Crippen LogP contribution in [0.1, 0.15) is 33.6 Å². The number of nitrogens with one attached hydrogen (secondary N) is 1. The van der Waals surface area contributed by atoms with Gasteiger partial charge in [-0.15, -0.1) is 11.3 Å². The molecule has 0 unspecified atom stereocenters. The smallest absolute Gasteiger partial charge is 0.319 e. The number of nitrogens with zero attached hydrogens (tertiary/aromatic N) is 1. The summed E-state index contributed by atoms with van der Waals surface area (Å²) in [5, 5.41) is 5.09. The van der Waals surface area contributed by atoms with Crippen molar-refractivity contribution < 1.29 is 14.4 Å². The Morgan fingerprint density at radius 2 is 2.08 bits per heavy atom. The molecular formula is C18H15ClN2O3S. The fourth-order valence-electron chi connectivity index (χ4n) is 3.60. The lowest BCUT2D eigenvalue weighted by Gasteiger charge is -2.31. The van der Waals surface area contributed by atoms with Crippen molar-refractivity contribution in [3.05, 3.63) is 56.7 Å². The lowest BCUT2D eigenvalue weighted by atomic mass is 9.80. The number of carbonyl (C=O) groups excluding carboxylic acids is 3. The number of rotatable bonds is 3. The first kappa shape index (κ1) is 16.3. The summed E-state index contributed by atoms with van der Waals surface area (Å²) in [6.07, 6.45) is 2.29. The molecule has 1 aromatic heterocycles. The first-order chi connectivity index (χ1) is 12.0. The van der Waals surface area contributed by atoms with Crippen LogP contribution in [0.4, 0.5) is 4.79 Å². The number of carbonyl (C=O) groups is 3. The SMILES string of the molecule is O=C(CN1C(=O)N[C@@]2(CCCc3sccc32)C1=O)c1ccccc1Cl. The van der Waals surface area contributed by atoms with Crippen LogP contribution in [-0.4, -0.2) is 29.2 Å². The van der Waals surface area contributed by atoms with Crippen molar-refractivity contribution in [1.29, 1.82) is 0 Å². The number of amides is 3. The lowest BCUT2D eigenvalue weighted by Crippen LogP contribution is -2.46. The minimum absolute atomic E-state index is 0.310. The molecule has 5 nitrogen and oxygen atoms in total. The molecular weight excluding hydrogens is 360 g/mol. The van der Waals surface area contributed by atoms with E-state index in [1.807, 2.05) is 11.4 Å². The lowest BCUT2D eigenvalue weighted by molar-refractivity contribution is -0.131. The van der Waals surface area contributed by atoms with Gasteiger partial charge in [-0.3, -0.25) is 14.5 Å². The molecule has 2 aromatic rings. The number of Topliss-reactive ketones (excluding diaryl/α,β-unsaturated/α-hetero) is 1. The maximum atomic E-state index is 13.1. The van der Waals surface area contributed by atoms with Gasteiger partial charge in [0.25, 0.3) is 5.91 Å². The molecule has 1 saturated heterocycles. The van der Waals surface area contributed by atoms with Crippen LogP contribution in [0.15, 0.2) is 35.7 Å². The highest BCUT2D eigenvalue weighted by molar-refractivity contribution is 7.10. The molecule has 2 aliphatic rings. The summed E-state index contributed by atoms with van der Waals surface area (Å²) in [6.45, 7) is -0.310. The predicted molar refractivity (Wildman–Crippen MR) is 95.0 cm³/mol. The van der Waals surface area contributed by atoms with Gasteiger partial charge in [0.1, 0.15) is 5.54 Å². The van der Waals surface area contributed by atoms with E-state index in [4.69, 9.17) is 11.6 Å². The van der Waals surface area contributed by atoms with E-state index in [9.17, 15) is 14.4 Å². The van der Waals surface area contributed by atoms with Crippen LogP contribution < -0.4 is 5.32 Å². The second-order valence-corrected chi connectivity index (χ2v) is 7.65. The molecule has 128 valence electrons. The van der Waals surface area contributed by atoms with Crippen molar-refractivity contribution in [3.63, 3.8) is 0 Å². The topological polar surface area (TPSA) is 66.5 Å². The minimum Gasteiger partial charge on any atom is -0.319 e. The third-order valence-corrected chi connectivity index (χ3v) is 6.12. The number of halogens is 1. The first-order valence-corrected chi connectivity index (χ1v) is 9.27. The van der Waals surface area contributed by atoms with Crippen molar-refractivity contribution in [2.75, 3.05) is 6.54 Å². The monoisotopic (exact) mass is 374 g/mol. The molecule has 1 aliphatic carbocycles.